The number of nitrogens with zero attached hydrogens (tertiary/aromatic N) is 2. The second-order valence-corrected chi connectivity index (χ2v) is 4.93. The van der Waals surface area contributed by atoms with Gasteiger partial charge in [0.05, 0.1) is 6.54 Å². The summed E-state index contributed by atoms with van der Waals surface area (Å²) in [4.78, 5) is 11.4. The van der Waals surface area contributed by atoms with Crippen molar-refractivity contribution < 1.29 is 4.79 Å². The Balaban J connectivity index is 1.67. The Morgan fingerprint density at radius 3 is 2.93 bits per heavy atom. The van der Waals surface area contributed by atoms with Crippen LogP contribution in [0.5, 0.6) is 0 Å². The summed E-state index contributed by atoms with van der Waals surface area (Å²) in [6.07, 6.45) is 2.59. The van der Waals surface area contributed by atoms with Crippen molar-refractivity contribution in [3.8, 4) is 0 Å². The minimum absolute atomic E-state index is 0.0493. The molecule has 1 aromatic heterocycles. The molecule has 1 fully saturated rings. The number of hydrogen-bond donors (Lipinski definition) is 2. The van der Waals surface area contributed by atoms with Gasteiger partial charge in [-0.3, -0.25) is 10.1 Å². The Morgan fingerprint density at radius 2 is 2.33 bits per heavy atom. The van der Waals surface area contributed by atoms with Gasteiger partial charge in [0.15, 0.2) is 0 Å². The Bertz CT molecular complexity index is 348. The highest BCUT2D eigenvalue weighted by Crippen LogP contribution is 2.27. The van der Waals surface area contributed by atoms with Crippen LogP contribution in [0, 0.1) is 12.8 Å². The van der Waals surface area contributed by atoms with Crippen LogP contribution in [0.3, 0.4) is 0 Å². The van der Waals surface area contributed by atoms with Crippen LogP contribution in [-0.4, -0.2) is 29.2 Å². The molecule has 1 aliphatic carbocycles. The van der Waals surface area contributed by atoms with E-state index < -0.39 is 0 Å². The van der Waals surface area contributed by atoms with Gasteiger partial charge < -0.3 is 5.32 Å². The zero-order valence-corrected chi connectivity index (χ0v) is 9.43. The summed E-state index contributed by atoms with van der Waals surface area (Å²) in [6.45, 7) is 3.16. The molecule has 0 bridgehead atoms. The largest absolute Gasteiger partial charge is 0.308 e. The summed E-state index contributed by atoms with van der Waals surface area (Å²) < 4.78 is 0. The molecular weight excluding hydrogens is 212 g/mol. The highest BCUT2D eigenvalue weighted by molar-refractivity contribution is 7.15. The van der Waals surface area contributed by atoms with Gasteiger partial charge in [0.1, 0.15) is 5.01 Å². The van der Waals surface area contributed by atoms with Gasteiger partial charge in [0.25, 0.3) is 0 Å². The molecule has 15 heavy (non-hydrogen) atoms. The minimum Gasteiger partial charge on any atom is -0.308 e. The molecule has 0 spiro atoms. The fraction of sp³-hybridized carbons (Fsp3) is 0.667. The Morgan fingerprint density at radius 1 is 1.53 bits per heavy atom. The first-order valence-corrected chi connectivity index (χ1v) is 5.86. The van der Waals surface area contributed by atoms with E-state index in [-0.39, 0.29) is 5.91 Å². The summed E-state index contributed by atoms with van der Waals surface area (Å²) in [5, 5.41) is 14.9. The number of hydrogen-bond acceptors (Lipinski definition) is 5. The van der Waals surface area contributed by atoms with Crippen LogP contribution in [0.1, 0.15) is 17.8 Å². The summed E-state index contributed by atoms with van der Waals surface area (Å²) >= 11 is 1.39. The van der Waals surface area contributed by atoms with Gasteiger partial charge in [-0.25, -0.2) is 0 Å². The van der Waals surface area contributed by atoms with Gasteiger partial charge in [-0.1, -0.05) is 11.3 Å². The number of anilines is 1. The van der Waals surface area contributed by atoms with Gasteiger partial charge in [-0.15, -0.1) is 10.2 Å². The standard InChI is InChI=1S/C9H14N4OS/c1-6-12-13-9(15-6)11-8(14)5-10-4-7-2-3-7/h7,10H,2-5H2,1H3,(H,11,13,14). The molecule has 0 unspecified atom stereocenters. The zero-order valence-electron chi connectivity index (χ0n) is 8.62. The first kappa shape index (κ1) is 10.5. The number of nitrogens with one attached hydrogen (secondary N) is 2. The van der Waals surface area contributed by atoms with Crippen molar-refractivity contribution in [1.29, 1.82) is 0 Å². The monoisotopic (exact) mass is 226 g/mol. The molecule has 0 atom stereocenters. The predicted molar refractivity (Wildman–Crippen MR) is 58.9 cm³/mol. The summed E-state index contributed by atoms with van der Waals surface area (Å²) in [5.41, 5.74) is 0. The molecule has 0 radical (unpaired) electrons. The minimum atomic E-state index is -0.0493. The average Bonchev–Trinajstić information content (AvgIpc) is 2.91. The SMILES string of the molecule is Cc1nnc(NC(=O)CNCC2CC2)s1. The van der Waals surface area contributed by atoms with Crippen molar-refractivity contribution in [1.82, 2.24) is 15.5 Å². The Kier molecular flexibility index (Phi) is 3.27. The summed E-state index contributed by atoms with van der Waals surface area (Å²) in [7, 11) is 0. The second kappa shape index (κ2) is 4.67. The second-order valence-electron chi connectivity index (χ2n) is 3.75. The van der Waals surface area contributed by atoms with E-state index in [0.29, 0.717) is 11.7 Å². The molecule has 0 saturated heterocycles. The lowest BCUT2D eigenvalue weighted by atomic mass is 10.4. The van der Waals surface area contributed by atoms with Crippen LogP contribution >= 0.6 is 11.3 Å². The third-order valence-electron chi connectivity index (χ3n) is 2.19. The molecule has 1 aliphatic rings. The van der Waals surface area contributed by atoms with Crippen molar-refractivity contribution >= 4 is 22.4 Å². The third kappa shape index (κ3) is 3.56. The van der Waals surface area contributed by atoms with Crippen LogP contribution in [0.25, 0.3) is 0 Å². The van der Waals surface area contributed by atoms with E-state index in [1.807, 2.05) is 6.92 Å². The quantitative estimate of drug-likeness (QED) is 0.778. The van der Waals surface area contributed by atoms with Crippen LogP contribution in [0.2, 0.25) is 0 Å². The van der Waals surface area contributed by atoms with Crippen LogP contribution in [0.4, 0.5) is 5.13 Å². The normalized spacial score (nSPS) is 15.3. The van der Waals surface area contributed by atoms with Crippen LogP contribution < -0.4 is 10.6 Å². The van der Waals surface area contributed by atoms with Crippen molar-refractivity contribution in [3.05, 3.63) is 5.01 Å². The van der Waals surface area contributed by atoms with E-state index in [0.717, 1.165) is 17.5 Å². The number of aryl methyl sites for hydroxylation is 1. The third-order valence-corrected chi connectivity index (χ3v) is 2.94. The van der Waals surface area contributed by atoms with Gasteiger partial charge in [-0.2, -0.15) is 0 Å². The number of aromatic nitrogens is 2. The maximum Gasteiger partial charge on any atom is 0.240 e. The summed E-state index contributed by atoms with van der Waals surface area (Å²) in [5.74, 6) is 0.744. The molecule has 1 saturated carbocycles. The maximum atomic E-state index is 11.4. The van der Waals surface area contributed by atoms with Crippen LogP contribution in [0.15, 0.2) is 0 Å². The lowest BCUT2D eigenvalue weighted by Gasteiger charge is -2.02. The van der Waals surface area contributed by atoms with E-state index in [9.17, 15) is 4.79 Å². The number of carbonyl (C=O) groups is 1. The first-order chi connectivity index (χ1) is 7.24. The molecular formula is C9H14N4OS. The Hall–Kier alpha value is -1.01. The number of amides is 1. The molecule has 2 rings (SSSR count). The van der Waals surface area contributed by atoms with Crippen molar-refractivity contribution in [2.24, 2.45) is 5.92 Å². The predicted octanol–water partition coefficient (Wildman–Crippen LogP) is 0.785. The summed E-state index contributed by atoms with van der Waals surface area (Å²) in [6, 6.07) is 0. The molecule has 1 amide bonds. The highest BCUT2D eigenvalue weighted by atomic mass is 32.1. The molecule has 2 N–H and O–H groups in total. The number of rotatable bonds is 5. The molecule has 0 aromatic carbocycles. The van der Waals surface area contributed by atoms with E-state index in [2.05, 4.69) is 20.8 Å². The molecule has 0 aliphatic heterocycles. The fourth-order valence-electron chi connectivity index (χ4n) is 1.22. The Labute approximate surface area is 92.3 Å². The number of carbonyl (C=O) groups excluding carboxylic acids is 1. The lowest BCUT2D eigenvalue weighted by Crippen LogP contribution is -2.29. The zero-order chi connectivity index (χ0) is 10.7. The van der Waals surface area contributed by atoms with Gasteiger partial charge in [0, 0.05) is 0 Å². The van der Waals surface area contributed by atoms with Gasteiger partial charge in [-0.05, 0) is 32.2 Å². The smallest absolute Gasteiger partial charge is 0.240 e. The van der Waals surface area contributed by atoms with Crippen LogP contribution in [-0.2, 0) is 4.79 Å². The van der Waals surface area contributed by atoms with Crippen molar-refractivity contribution in [2.75, 3.05) is 18.4 Å². The average molecular weight is 226 g/mol. The first-order valence-electron chi connectivity index (χ1n) is 5.04. The van der Waals surface area contributed by atoms with Crippen molar-refractivity contribution in [3.63, 3.8) is 0 Å². The lowest BCUT2D eigenvalue weighted by molar-refractivity contribution is -0.115. The fourth-order valence-corrected chi connectivity index (χ4v) is 1.83. The topological polar surface area (TPSA) is 66.9 Å². The molecule has 5 nitrogen and oxygen atoms in total. The highest BCUT2D eigenvalue weighted by Gasteiger charge is 2.20. The van der Waals surface area contributed by atoms with E-state index >= 15 is 0 Å². The molecule has 82 valence electrons. The molecule has 1 heterocycles. The van der Waals surface area contributed by atoms with E-state index in [1.54, 1.807) is 0 Å². The van der Waals surface area contributed by atoms with Crippen molar-refractivity contribution in [2.45, 2.75) is 19.8 Å². The van der Waals surface area contributed by atoms with E-state index in [1.165, 1.54) is 24.2 Å². The molecule has 6 heteroatoms. The van der Waals surface area contributed by atoms with Gasteiger partial charge in [0.2, 0.25) is 11.0 Å². The maximum absolute atomic E-state index is 11.4. The van der Waals surface area contributed by atoms with E-state index in [4.69, 9.17) is 0 Å². The molecule has 1 aromatic rings. The van der Waals surface area contributed by atoms with Gasteiger partial charge >= 0.3 is 0 Å².